The van der Waals surface area contributed by atoms with Gasteiger partial charge in [0.15, 0.2) is 0 Å². The zero-order chi connectivity index (χ0) is 12.7. The summed E-state index contributed by atoms with van der Waals surface area (Å²) >= 11 is 0. The summed E-state index contributed by atoms with van der Waals surface area (Å²) in [5.74, 6) is 0.501. The Bertz CT molecular complexity index is 455. The molecule has 2 aliphatic rings. The van der Waals surface area contributed by atoms with Crippen molar-refractivity contribution < 1.29 is 9.53 Å². The first-order chi connectivity index (χ1) is 8.66. The standard InChI is InChI=1S/C13H19N3O2/c1-8(2)16-11(3-5-14-16)13(17)15-10-7-12-9(10)4-6-18-12/h3,5,8-10,12H,4,6-7H2,1-2H3,(H,15,17)/t9-,10+,12+/m0/s1. The number of rotatable bonds is 3. The Morgan fingerprint density at radius 2 is 2.44 bits per heavy atom. The van der Waals surface area contributed by atoms with Crippen LogP contribution in [-0.4, -0.2) is 34.4 Å². The average molecular weight is 249 g/mol. The highest BCUT2D eigenvalue weighted by molar-refractivity contribution is 5.92. The second-order valence-electron chi connectivity index (χ2n) is 5.43. The SMILES string of the molecule is CC(C)n1nccc1C(=O)N[C@@H]1C[C@H]2OCC[C@@H]12. The fraction of sp³-hybridized carbons (Fsp3) is 0.692. The van der Waals surface area contributed by atoms with Crippen molar-refractivity contribution in [2.75, 3.05) is 6.61 Å². The molecule has 0 bridgehead atoms. The predicted octanol–water partition coefficient (Wildman–Crippen LogP) is 1.37. The zero-order valence-electron chi connectivity index (χ0n) is 10.8. The lowest BCUT2D eigenvalue weighted by atomic mass is 9.76. The van der Waals surface area contributed by atoms with Gasteiger partial charge in [-0.2, -0.15) is 5.10 Å². The molecular weight excluding hydrogens is 230 g/mol. The van der Waals surface area contributed by atoms with E-state index in [2.05, 4.69) is 10.4 Å². The normalized spacial score (nSPS) is 30.1. The highest BCUT2D eigenvalue weighted by Crippen LogP contribution is 2.38. The summed E-state index contributed by atoms with van der Waals surface area (Å²) in [5.41, 5.74) is 0.646. The number of nitrogens with one attached hydrogen (secondary N) is 1. The molecule has 1 aromatic rings. The van der Waals surface area contributed by atoms with Crippen molar-refractivity contribution in [2.24, 2.45) is 5.92 Å². The Hall–Kier alpha value is -1.36. The minimum atomic E-state index is -0.0171. The maximum atomic E-state index is 12.2. The molecule has 5 nitrogen and oxygen atoms in total. The van der Waals surface area contributed by atoms with E-state index in [1.807, 2.05) is 13.8 Å². The number of ether oxygens (including phenoxy) is 1. The maximum Gasteiger partial charge on any atom is 0.269 e. The van der Waals surface area contributed by atoms with Gasteiger partial charge < -0.3 is 10.1 Å². The third kappa shape index (κ3) is 1.82. The monoisotopic (exact) mass is 249 g/mol. The van der Waals surface area contributed by atoms with Gasteiger partial charge in [-0.25, -0.2) is 0 Å². The number of nitrogens with zero attached hydrogens (tertiary/aromatic N) is 2. The van der Waals surface area contributed by atoms with Crippen LogP contribution >= 0.6 is 0 Å². The largest absolute Gasteiger partial charge is 0.378 e. The Kier molecular flexibility index (Phi) is 2.86. The van der Waals surface area contributed by atoms with Gasteiger partial charge in [-0.05, 0) is 32.8 Å². The van der Waals surface area contributed by atoms with Crippen LogP contribution in [0, 0.1) is 5.92 Å². The Balaban J connectivity index is 1.66. The number of carbonyl (C=O) groups is 1. The molecule has 0 radical (unpaired) electrons. The third-order valence-corrected chi connectivity index (χ3v) is 3.97. The van der Waals surface area contributed by atoms with E-state index in [4.69, 9.17) is 4.74 Å². The number of carbonyl (C=O) groups excluding carboxylic acids is 1. The number of hydrogen-bond acceptors (Lipinski definition) is 3. The van der Waals surface area contributed by atoms with Crippen molar-refractivity contribution in [2.45, 2.75) is 44.9 Å². The first-order valence-electron chi connectivity index (χ1n) is 6.63. The van der Waals surface area contributed by atoms with Crippen molar-refractivity contribution in [1.29, 1.82) is 0 Å². The van der Waals surface area contributed by atoms with Crippen LogP contribution in [-0.2, 0) is 4.74 Å². The van der Waals surface area contributed by atoms with E-state index in [9.17, 15) is 4.79 Å². The minimum Gasteiger partial charge on any atom is -0.378 e. The number of aromatic nitrogens is 2. The quantitative estimate of drug-likeness (QED) is 0.880. The molecule has 1 N–H and O–H groups in total. The van der Waals surface area contributed by atoms with Crippen molar-refractivity contribution in [1.82, 2.24) is 15.1 Å². The van der Waals surface area contributed by atoms with Crippen LogP contribution in [0.4, 0.5) is 0 Å². The summed E-state index contributed by atoms with van der Waals surface area (Å²) in [7, 11) is 0. The summed E-state index contributed by atoms with van der Waals surface area (Å²) < 4.78 is 7.31. The fourth-order valence-corrected chi connectivity index (χ4v) is 2.91. The van der Waals surface area contributed by atoms with E-state index in [0.29, 0.717) is 17.7 Å². The van der Waals surface area contributed by atoms with Gasteiger partial charge in [0, 0.05) is 30.8 Å². The van der Waals surface area contributed by atoms with E-state index in [0.717, 1.165) is 19.4 Å². The fourth-order valence-electron chi connectivity index (χ4n) is 2.91. The van der Waals surface area contributed by atoms with Crippen LogP contribution in [0.15, 0.2) is 12.3 Å². The van der Waals surface area contributed by atoms with E-state index in [-0.39, 0.29) is 18.0 Å². The molecule has 1 aromatic heterocycles. The summed E-state index contributed by atoms with van der Waals surface area (Å²) in [6, 6.07) is 2.25. The Morgan fingerprint density at radius 1 is 1.61 bits per heavy atom. The summed E-state index contributed by atoms with van der Waals surface area (Å²) in [6.07, 6.45) is 4.08. The molecule has 0 spiro atoms. The summed E-state index contributed by atoms with van der Waals surface area (Å²) in [5, 5.41) is 7.29. The smallest absolute Gasteiger partial charge is 0.269 e. The van der Waals surface area contributed by atoms with Crippen molar-refractivity contribution >= 4 is 5.91 Å². The average Bonchev–Trinajstić information content (AvgIpc) is 2.91. The highest BCUT2D eigenvalue weighted by atomic mass is 16.5. The second-order valence-corrected chi connectivity index (χ2v) is 5.43. The van der Waals surface area contributed by atoms with Gasteiger partial charge in [-0.1, -0.05) is 0 Å². The molecule has 1 aliphatic carbocycles. The lowest BCUT2D eigenvalue weighted by Gasteiger charge is -2.39. The Labute approximate surface area is 107 Å². The Morgan fingerprint density at radius 3 is 3.17 bits per heavy atom. The molecule has 18 heavy (non-hydrogen) atoms. The van der Waals surface area contributed by atoms with Crippen LogP contribution in [0.1, 0.15) is 43.2 Å². The molecule has 2 heterocycles. The van der Waals surface area contributed by atoms with Gasteiger partial charge >= 0.3 is 0 Å². The van der Waals surface area contributed by atoms with Crippen LogP contribution in [0.5, 0.6) is 0 Å². The number of amides is 1. The molecule has 98 valence electrons. The van der Waals surface area contributed by atoms with Crippen molar-refractivity contribution in [3.8, 4) is 0 Å². The molecule has 3 atom stereocenters. The van der Waals surface area contributed by atoms with E-state index in [1.165, 1.54) is 0 Å². The molecular formula is C13H19N3O2. The predicted molar refractivity (Wildman–Crippen MR) is 66.3 cm³/mol. The highest BCUT2D eigenvalue weighted by Gasteiger charge is 2.45. The van der Waals surface area contributed by atoms with Gasteiger partial charge in [-0.3, -0.25) is 9.48 Å². The summed E-state index contributed by atoms with van der Waals surface area (Å²) in [6.45, 7) is 4.88. The van der Waals surface area contributed by atoms with Crippen LogP contribution in [0.25, 0.3) is 0 Å². The molecule has 1 saturated heterocycles. The minimum absolute atomic E-state index is 0.0171. The topological polar surface area (TPSA) is 56.2 Å². The van der Waals surface area contributed by atoms with Gasteiger partial charge in [0.05, 0.1) is 6.10 Å². The second kappa shape index (κ2) is 4.39. The maximum absolute atomic E-state index is 12.2. The molecule has 1 amide bonds. The van der Waals surface area contributed by atoms with Crippen LogP contribution in [0.3, 0.4) is 0 Å². The first-order valence-corrected chi connectivity index (χ1v) is 6.63. The molecule has 2 fully saturated rings. The van der Waals surface area contributed by atoms with Gasteiger partial charge in [0.2, 0.25) is 0 Å². The van der Waals surface area contributed by atoms with Gasteiger partial charge in [0.1, 0.15) is 5.69 Å². The molecule has 0 unspecified atom stereocenters. The molecule has 1 saturated carbocycles. The summed E-state index contributed by atoms with van der Waals surface area (Å²) in [4.78, 5) is 12.2. The first kappa shape index (κ1) is 11.7. The number of fused-ring (bicyclic) bond motifs is 1. The molecule has 0 aromatic carbocycles. The molecule has 1 aliphatic heterocycles. The third-order valence-electron chi connectivity index (χ3n) is 3.97. The lowest BCUT2D eigenvalue weighted by Crippen LogP contribution is -2.53. The van der Waals surface area contributed by atoms with E-state index >= 15 is 0 Å². The van der Waals surface area contributed by atoms with Crippen LogP contribution < -0.4 is 5.32 Å². The molecule has 3 rings (SSSR count). The van der Waals surface area contributed by atoms with Gasteiger partial charge in [-0.15, -0.1) is 0 Å². The van der Waals surface area contributed by atoms with E-state index < -0.39 is 0 Å². The zero-order valence-corrected chi connectivity index (χ0v) is 10.8. The van der Waals surface area contributed by atoms with E-state index in [1.54, 1.807) is 16.9 Å². The van der Waals surface area contributed by atoms with Crippen LogP contribution in [0.2, 0.25) is 0 Å². The molecule has 5 heteroatoms. The van der Waals surface area contributed by atoms with Gasteiger partial charge in [0.25, 0.3) is 5.91 Å². The lowest BCUT2D eigenvalue weighted by molar-refractivity contribution is 0.00793. The van der Waals surface area contributed by atoms with Crippen molar-refractivity contribution in [3.63, 3.8) is 0 Å². The number of hydrogen-bond donors (Lipinski definition) is 1. The van der Waals surface area contributed by atoms with Crippen molar-refractivity contribution in [3.05, 3.63) is 18.0 Å².